The number of nitrogens with zero attached hydrogens (tertiary/aromatic N) is 1. The molecule has 1 heterocycles. The highest BCUT2D eigenvalue weighted by Crippen LogP contribution is 2.22. The van der Waals surface area contributed by atoms with Gasteiger partial charge in [-0.25, -0.2) is 13.8 Å². The summed E-state index contributed by atoms with van der Waals surface area (Å²) in [5.74, 6) is -2.12. The quantitative estimate of drug-likeness (QED) is 0.696. The standard InChI is InChI=1S/C20H17F2N3O/c1-12-3-4-13(2)19(9-12)24-15-6-8-18(23-11-15)20(26)25-17-7-5-14(21)10-16(17)22/h3-11,24H,1-2H3,(H,25,26). The van der Waals surface area contributed by atoms with Crippen LogP contribution in [0.25, 0.3) is 0 Å². The molecule has 2 aromatic carbocycles. The molecule has 6 heteroatoms. The second kappa shape index (κ2) is 7.31. The van der Waals surface area contributed by atoms with E-state index in [1.807, 2.05) is 32.0 Å². The van der Waals surface area contributed by atoms with Crippen molar-refractivity contribution in [1.29, 1.82) is 0 Å². The Labute approximate surface area is 149 Å². The minimum Gasteiger partial charge on any atom is -0.354 e. The number of rotatable bonds is 4. The zero-order valence-corrected chi connectivity index (χ0v) is 14.3. The van der Waals surface area contributed by atoms with Crippen LogP contribution in [0.1, 0.15) is 21.6 Å². The maximum atomic E-state index is 13.6. The number of benzene rings is 2. The van der Waals surface area contributed by atoms with Gasteiger partial charge in [-0.15, -0.1) is 0 Å². The van der Waals surface area contributed by atoms with Crippen LogP contribution in [0, 0.1) is 25.5 Å². The summed E-state index contributed by atoms with van der Waals surface area (Å²) in [6.07, 6.45) is 1.53. The van der Waals surface area contributed by atoms with Crippen LogP contribution < -0.4 is 10.6 Å². The fourth-order valence-corrected chi connectivity index (χ4v) is 2.41. The summed E-state index contributed by atoms with van der Waals surface area (Å²) in [6.45, 7) is 4.00. The van der Waals surface area contributed by atoms with Gasteiger partial charge in [-0.05, 0) is 55.3 Å². The van der Waals surface area contributed by atoms with E-state index in [1.54, 1.807) is 6.07 Å². The maximum absolute atomic E-state index is 13.6. The lowest BCUT2D eigenvalue weighted by Gasteiger charge is -2.11. The van der Waals surface area contributed by atoms with Crippen molar-refractivity contribution < 1.29 is 13.6 Å². The fourth-order valence-electron chi connectivity index (χ4n) is 2.41. The predicted octanol–water partition coefficient (Wildman–Crippen LogP) is 4.97. The highest BCUT2D eigenvalue weighted by molar-refractivity contribution is 6.03. The summed E-state index contributed by atoms with van der Waals surface area (Å²) in [4.78, 5) is 16.3. The van der Waals surface area contributed by atoms with Crippen molar-refractivity contribution in [3.63, 3.8) is 0 Å². The molecule has 0 aliphatic carbocycles. The molecule has 0 bridgehead atoms. The van der Waals surface area contributed by atoms with Gasteiger partial charge < -0.3 is 10.6 Å². The van der Waals surface area contributed by atoms with Crippen LogP contribution in [0.3, 0.4) is 0 Å². The summed E-state index contributed by atoms with van der Waals surface area (Å²) in [7, 11) is 0. The van der Waals surface area contributed by atoms with Gasteiger partial charge in [-0.1, -0.05) is 12.1 Å². The summed E-state index contributed by atoms with van der Waals surface area (Å²) in [5.41, 5.74) is 3.92. The minimum atomic E-state index is -0.841. The molecule has 0 saturated carbocycles. The number of pyridine rings is 1. The van der Waals surface area contributed by atoms with E-state index in [4.69, 9.17) is 0 Å². The molecule has 1 amide bonds. The van der Waals surface area contributed by atoms with E-state index in [9.17, 15) is 13.6 Å². The van der Waals surface area contributed by atoms with Crippen molar-refractivity contribution in [1.82, 2.24) is 4.98 Å². The third-order valence-electron chi connectivity index (χ3n) is 3.85. The monoisotopic (exact) mass is 353 g/mol. The third-order valence-corrected chi connectivity index (χ3v) is 3.85. The normalized spacial score (nSPS) is 10.5. The van der Waals surface area contributed by atoms with E-state index in [2.05, 4.69) is 15.6 Å². The number of amides is 1. The van der Waals surface area contributed by atoms with Crippen molar-refractivity contribution in [2.24, 2.45) is 0 Å². The largest absolute Gasteiger partial charge is 0.354 e. The highest BCUT2D eigenvalue weighted by Gasteiger charge is 2.11. The van der Waals surface area contributed by atoms with Crippen LogP contribution in [0.5, 0.6) is 0 Å². The number of anilines is 3. The Morgan fingerprint density at radius 1 is 0.962 bits per heavy atom. The first-order valence-corrected chi connectivity index (χ1v) is 7.99. The predicted molar refractivity (Wildman–Crippen MR) is 97.7 cm³/mol. The lowest BCUT2D eigenvalue weighted by molar-refractivity contribution is 0.102. The molecule has 3 aromatic rings. The Bertz CT molecular complexity index is 956. The van der Waals surface area contributed by atoms with Crippen LogP contribution >= 0.6 is 0 Å². The van der Waals surface area contributed by atoms with Gasteiger partial charge in [0.05, 0.1) is 17.6 Å². The Morgan fingerprint density at radius 2 is 1.77 bits per heavy atom. The van der Waals surface area contributed by atoms with Gasteiger partial charge in [0.25, 0.3) is 5.91 Å². The summed E-state index contributed by atoms with van der Waals surface area (Å²) < 4.78 is 26.5. The van der Waals surface area contributed by atoms with Gasteiger partial charge in [0.2, 0.25) is 0 Å². The van der Waals surface area contributed by atoms with Gasteiger partial charge >= 0.3 is 0 Å². The van der Waals surface area contributed by atoms with Gasteiger partial charge in [-0.2, -0.15) is 0 Å². The van der Waals surface area contributed by atoms with Gasteiger partial charge in [0.1, 0.15) is 17.3 Å². The zero-order valence-electron chi connectivity index (χ0n) is 14.3. The van der Waals surface area contributed by atoms with E-state index < -0.39 is 17.5 Å². The Morgan fingerprint density at radius 3 is 2.46 bits per heavy atom. The Kier molecular flexibility index (Phi) is 4.93. The Hall–Kier alpha value is -3.28. The van der Waals surface area contributed by atoms with Gasteiger partial charge in [0, 0.05) is 11.8 Å². The molecule has 0 unspecified atom stereocenters. The first kappa shape index (κ1) is 17.5. The molecule has 4 nitrogen and oxygen atoms in total. The first-order chi connectivity index (χ1) is 12.4. The number of hydrogen-bond acceptors (Lipinski definition) is 3. The van der Waals surface area contributed by atoms with Crippen LogP contribution in [-0.4, -0.2) is 10.9 Å². The molecular formula is C20H17F2N3O. The van der Waals surface area contributed by atoms with Crippen molar-refractivity contribution in [3.05, 3.63) is 83.2 Å². The molecule has 0 aliphatic heterocycles. The summed E-state index contributed by atoms with van der Waals surface area (Å²) in [5, 5.41) is 5.62. The molecule has 0 atom stereocenters. The van der Waals surface area contributed by atoms with E-state index in [0.29, 0.717) is 6.07 Å². The average Bonchev–Trinajstić information content (AvgIpc) is 2.61. The number of carbonyl (C=O) groups is 1. The zero-order chi connectivity index (χ0) is 18.7. The van der Waals surface area contributed by atoms with Crippen molar-refractivity contribution in [2.75, 3.05) is 10.6 Å². The molecule has 1 aromatic heterocycles. The number of aryl methyl sites for hydroxylation is 2. The Balaban J connectivity index is 1.72. The highest BCUT2D eigenvalue weighted by atomic mass is 19.1. The smallest absolute Gasteiger partial charge is 0.274 e. The van der Waals surface area contributed by atoms with E-state index >= 15 is 0 Å². The average molecular weight is 353 g/mol. The molecule has 0 fully saturated rings. The van der Waals surface area contributed by atoms with Crippen LogP contribution in [0.15, 0.2) is 54.7 Å². The first-order valence-electron chi connectivity index (χ1n) is 7.99. The number of carbonyl (C=O) groups excluding carboxylic acids is 1. The molecule has 26 heavy (non-hydrogen) atoms. The molecule has 3 rings (SSSR count). The minimum absolute atomic E-state index is 0.101. The third kappa shape index (κ3) is 4.03. The SMILES string of the molecule is Cc1ccc(C)c(Nc2ccc(C(=O)Nc3ccc(F)cc3F)nc2)c1. The molecular weight excluding hydrogens is 336 g/mol. The lowest BCUT2D eigenvalue weighted by Crippen LogP contribution is -2.14. The number of halogens is 2. The van der Waals surface area contributed by atoms with Crippen molar-refractivity contribution in [3.8, 4) is 0 Å². The summed E-state index contributed by atoms with van der Waals surface area (Å²) >= 11 is 0. The molecule has 2 N–H and O–H groups in total. The van der Waals surface area contributed by atoms with Gasteiger partial charge in [0.15, 0.2) is 0 Å². The van der Waals surface area contributed by atoms with Crippen LogP contribution in [0.4, 0.5) is 25.8 Å². The maximum Gasteiger partial charge on any atom is 0.274 e. The van der Waals surface area contributed by atoms with E-state index in [0.717, 1.165) is 28.6 Å². The van der Waals surface area contributed by atoms with Crippen LogP contribution in [-0.2, 0) is 0 Å². The topological polar surface area (TPSA) is 54.0 Å². The second-order valence-corrected chi connectivity index (χ2v) is 5.95. The molecule has 0 radical (unpaired) electrons. The van der Waals surface area contributed by atoms with Crippen LogP contribution in [0.2, 0.25) is 0 Å². The van der Waals surface area contributed by atoms with E-state index in [1.165, 1.54) is 18.3 Å². The molecule has 0 saturated heterocycles. The number of hydrogen-bond donors (Lipinski definition) is 2. The summed E-state index contributed by atoms with van der Waals surface area (Å²) in [6, 6.07) is 12.3. The van der Waals surface area contributed by atoms with Crippen molar-refractivity contribution >= 4 is 23.0 Å². The second-order valence-electron chi connectivity index (χ2n) is 5.95. The molecule has 0 spiro atoms. The molecule has 132 valence electrons. The number of nitrogens with one attached hydrogen (secondary N) is 2. The molecule has 0 aliphatic rings. The number of aromatic nitrogens is 1. The fraction of sp³-hybridized carbons (Fsp3) is 0.100. The lowest BCUT2D eigenvalue weighted by atomic mass is 10.1. The van der Waals surface area contributed by atoms with Gasteiger partial charge in [-0.3, -0.25) is 4.79 Å². The van der Waals surface area contributed by atoms with Crippen molar-refractivity contribution in [2.45, 2.75) is 13.8 Å². The van der Waals surface area contributed by atoms with E-state index in [-0.39, 0.29) is 11.4 Å².